The highest BCUT2D eigenvalue weighted by atomic mass is 127. The summed E-state index contributed by atoms with van der Waals surface area (Å²) in [6.45, 7) is 2.16. The van der Waals surface area contributed by atoms with E-state index >= 15 is 0 Å². The predicted octanol–water partition coefficient (Wildman–Crippen LogP) is 4.19. The first kappa shape index (κ1) is 24.3. The van der Waals surface area contributed by atoms with Crippen LogP contribution in [0.5, 0.6) is 5.75 Å². The third kappa shape index (κ3) is 5.80. The SMILES string of the molecule is COc1ccc(NS(=O)(=O)c2cc(NC(=O)c3cccc(I)c3)ccc2N2CCOCC2)cc1. The van der Waals surface area contributed by atoms with Crippen molar-refractivity contribution in [2.45, 2.75) is 4.90 Å². The number of sulfonamides is 1. The number of nitrogens with zero attached hydrogens (tertiary/aromatic N) is 1. The molecule has 1 fully saturated rings. The molecule has 0 radical (unpaired) electrons. The molecule has 1 saturated heterocycles. The standard InChI is InChI=1S/C24H24IN3O5S/c1-32-21-8-5-19(6-9-21)27-34(30,31)23-16-20(7-10-22(23)28-11-13-33-14-12-28)26-24(29)17-3-2-4-18(25)15-17/h2-10,15-16,27H,11-14H2,1H3,(H,26,29). The van der Waals surface area contributed by atoms with Gasteiger partial charge in [0.15, 0.2) is 0 Å². The van der Waals surface area contributed by atoms with Crippen LogP contribution in [-0.2, 0) is 14.8 Å². The summed E-state index contributed by atoms with van der Waals surface area (Å²) in [7, 11) is -2.42. The third-order valence-corrected chi connectivity index (χ3v) is 7.37. The van der Waals surface area contributed by atoms with E-state index in [4.69, 9.17) is 9.47 Å². The number of halogens is 1. The quantitative estimate of drug-likeness (QED) is 0.399. The molecule has 0 atom stereocenters. The van der Waals surface area contributed by atoms with Gasteiger partial charge in [0.2, 0.25) is 0 Å². The summed E-state index contributed by atoms with van der Waals surface area (Å²) >= 11 is 2.14. The van der Waals surface area contributed by atoms with Crippen molar-refractivity contribution < 1.29 is 22.7 Å². The predicted molar refractivity (Wildman–Crippen MR) is 140 cm³/mol. The van der Waals surface area contributed by atoms with Crippen LogP contribution in [0.25, 0.3) is 0 Å². The molecule has 2 N–H and O–H groups in total. The van der Waals surface area contributed by atoms with Crippen molar-refractivity contribution in [3.63, 3.8) is 0 Å². The molecule has 0 bridgehead atoms. The fraction of sp³-hybridized carbons (Fsp3) is 0.208. The normalized spacial score (nSPS) is 13.9. The molecule has 0 saturated carbocycles. The Labute approximate surface area is 212 Å². The summed E-state index contributed by atoms with van der Waals surface area (Å²) in [6.07, 6.45) is 0. The van der Waals surface area contributed by atoms with E-state index in [9.17, 15) is 13.2 Å². The lowest BCUT2D eigenvalue weighted by atomic mass is 10.2. The number of carbonyl (C=O) groups is 1. The van der Waals surface area contributed by atoms with E-state index in [1.807, 2.05) is 11.0 Å². The van der Waals surface area contributed by atoms with Gasteiger partial charge >= 0.3 is 0 Å². The zero-order valence-corrected chi connectivity index (χ0v) is 21.4. The molecule has 0 unspecified atom stereocenters. The van der Waals surface area contributed by atoms with Gasteiger partial charge in [0.1, 0.15) is 10.6 Å². The molecule has 0 aromatic heterocycles. The number of amides is 1. The van der Waals surface area contributed by atoms with Gasteiger partial charge in [0, 0.05) is 33.6 Å². The summed E-state index contributed by atoms with van der Waals surface area (Å²) < 4.78 is 41.0. The van der Waals surface area contributed by atoms with Crippen LogP contribution in [0.2, 0.25) is 0 Å². The van der Waals surface area contributed by atoms with Gasteiger partial charge < -0.3 is 19.7 Å². The largest absolute Gasteiger partial charge is 0.497 e. The van der Waals surface area contributed by atoms with Gasteiger partial charge in [-0.25, -0.2) is 8.42 Å². The fourth-order valence-electron chi connectivity index (χ4n) is 3.57. The second kappa shape index (κ2) is 10.6. The topological polar surface area (TPSA) is 97.0 Å². The Morgan fingerprint density at radius 3 is 2.38 bits per heavy atom. The van der Waals surface area contributed by atoms with E-state index in [0.29, 0.717) is 54.7 Å². The van der Waals surface area contributed by atoms with Crippen LogP contribution in [0.3, 0.4) is 0 Å². The van der Waals surface area contributed by atoms with E-state index in [2.05, 4.69) is 32.6 Å². The van der Waals surface area contributed by atoms with E-state index in [1.165, 1.54) is 6.07 Å². The summed E-state index contributed by atoms with van der Waals surface area (Å²) in [5, 5.41) is 2.81. The number of benzene rings is 3. The van der Waals surface area contributed by atoms with Crippen LogP contribution in [-0.4, -0.2) is 47.7 Å². The van der Waals surface area contributed by atoms with Crippen molar-refractivity contribution in [2.75, 3.05) is 48.4 Å². The number of nitrogens with one attached hydrogen (secondary N) is 2. The molecule has 8 nitrogen and oxygen atoms in total. The summed E-state index contributed by atoms with van der Waals surface area (Å²) in [5.74, 6) is 0.307. The Morgan fingerprint density at radius 2 is 1.71 bits per heavy atom. The van der Waals surface area contributed by atoms with Crippen LogP contribution in [0.15, 0.2) is 71.6 Å². The Kier molecular flexibility index (Phi) is 7.59. The second-order valence-electron chi connectivity index (χ2n) is 7.58. The highest BCUT2D eigenvalue weighted by Crippen LogP contribution is 2.31. The van der Waals surface area contributed by atoms with Crippen molar-refractivity contribution in [3.8, 4) is 5.75 Å². The first-order chi connectivity index (χ1) is 16.4. The van der Waals surface area contributed by atoms with Gasteiger partial charge in [-0.3, -0.25) is 9.52 Å². The summed E-state index contributed by atoms with van der Waals surface area (Å²) in [6, 6.07) is 18.7. The lowest BCUT2D eigenvalue weighted by Gasteiger charge is -2.30. The Bertz CT molecular complexity index is 1280. The van der Waals surface area contributed by atoms with Gasteiger partial charge in [0.05, 0.1) is 26.0 Å². The maximum atomic E-state index is 13.5. The van der Waals surface area contributed by atoms with Crippen molar-refractivity contribution >= 4 is 55.6 Å². The molecular weight excluding hydrogens is 569 g/mol. The molecule has 178 valence electrons. The molecule has 4 rings (SSSR count). The average molecular weight is 593 g/mol. The highest BCUT2D eigenvalue weighted by Gasteiger charge is 2.25. The average Bonchev–Trinajstić information content (AvgIpc) is 2.85. The third-order valence-electron chi connectivity index (χ3n) is 5.29. The van der Waals surface area contributed by atoms with Crippen LogP contribution >= 0.6 is 22.6 Å². The molecule has 1 aliphatic rings. The lowest BCUT2D eigenvalue weighted by molar-refractivity contribution is 0.102. The van der Waals surface area contributed by atoms with Crippen molar-refractivity contribution in [1.82, 2.24) is 0 Å². The highest BCUT2D eigenvalue weighted by molar-refractivity contribution is 14.1. The number of hydrogen-bond donors (Lipinski definition) is 2. The van der Waals surface area contributed by atoms with Crippen LogP contribution in [0.1, 0.15) is 10.4 Å². The van der Waals surface area contributed by atoms with Crippen molar-refractivity contribution in [3.05, 3.63) is 75.9 Å². The van der Waals surface area contributed by atoms with Gasteiger partial charge in [0.25, 0.3) is 15.9 Å². The minimum atomic E-state index is -3.97. The molecule has 3 aromatic carbocycles. The second-order valence-corrected chi connectivity index (χ2v) is 10.5. The van der Waals surface area contributed by atoms with Gasteiger partial charge in [-0.15, -0.1) is 0 Å². The Hall–Kier alpha value is -2.83. The molecule has 0 aliphatic carbocycles. The Balaban J connectivity index is 1.67. The molecule has 0 spiro atoms. The first-order valence-electron chi connectivity index (χ1n) is 10.6. The van der Waals surface area contributed by atoms with Crippen LogP contribution < -0.4 is 19.7 Å². The van der Waals surface area contributed by atoms with Gasteiger partial charge in [-0.2, -0.15) is 0 Å². The minimum Gasteiger partial charge on any atom is -0.497 e. The molecular formula is C24H24IN3O5S. The molecule has 10 heteroatoms. The maximum Gasteiger partial charge on any atom is 0.264 e. The molecule has 1 aliphatic heterocycles. The van der Waals surface area contributed by atoms with Crippen LogP contribution in [0, 0.1) is 3.57 Å². The smallest absolute Gasteiger partial charge is 0.264 e. The van der Waals surface area contributed by atoms with E-state index in [1.54, 1.807) is 61.7 Å². The lowest BCUT2D eigenvalue weighted by Crippen LogP contribution is -2.37. The monoisotopic (exact) mass is 593 g/mol. The minimum absolute atomic E-state index is 0.0747. The van der Waals surface area contributed by atoms with E-state index in [-0.39, 0.29) is 10.8 Å². The molecule has 1 amide bonds. The summed E-state index contributed by atoms with van der Waals surface area (Å²) in [4.78, 5) is 14.8. The zero-order chi connectivity index (χ0) is 24.1. The molecule has 1 heterocycles. The zero-order valence-electron chi connectivity index (χ0n) is 18.5. The number of hydrogen-bond acceptors (Lipinski definition) is 6. The number of methoxy groups -OCH3 is 1. The van der Waals surface area contributed by atoms with E-state index < -0.39 is 10.0 Å². The molecule has 3 aromatic rings. The van der Waals surface area contributed by atoms with Crippen LogP contribution in [0.4, 0.5) is 17.1 Å². The van der Waals surface area contributed by atoms with Crippen molar-refractivity contribution in [2.24, 2.45) is 0 Å². The number of carbonyl (C=O) groups excluding carboxylic acids is 1. The number of rotatable bonds is 7. The van der Waals surface area contributed by atoms with Crippen molar-refractivity contribution in [1.29, 1.82) is 0 Å². The summed E-state index contributed by atoms with van der Waals surface area (Å²) in [5.41, 5.74) is 1.83. The number of anilines is 3. The fourth-order valence-corrected chi connectivity index (χ4v) is 5.43. The van der Waals surface area contributed by atoms with Gasteiger partial charge in [-0.05, 0) is 83.3 Å². The molecule has 34 heavy (non-hydrogen) atoms. The van der Waals surface area contributed by atoms with E-state index in [0.717, 1.165) is 3.57 Å². The maximum absolute atomic E-state index is 13.5. The number of morpholine rings is 1. The van der Waals surface area contributed by atoms with Gasteiger partial charge in [-0.1, -0.05) is 6.07 Å². The number of ether oxygens (including phenoxy) is 2. The Morgan fingerprint density at radius 1 is 1.00 bits per heavy atom. The first-order valence-corrected chi connectivity index (χ1v) is 13.1.